The fraction of sp³-hybridized carbons (Fsp3) is 0.520. The first kappa shape index (κ1) is 24.2. The first-order valence-corrected chi connectivity index (χ1v) is 13.2. The summed E-state index contributed by atoms with van der Waals surface area (Å²) in [5, 5.41) is 14.7. The van der Waals surface area contributed by atoms with Crippen LogP contribution in [0.5, 0.6) is 0 Å². The van der Waals surface area contributed by atoms with Crippen molar-refractivity contribution in [1.82, 2.24) is 24.8 Å². The maximum absolute atomic E-state index is 12.4. The van der Waals surface area contributed by atoms with Crippen LogP contribution in [0, 0.1) is 6.92 Å². The minimum atomic E-state index is -0.745. The number of thiazole rings is 1. The fourth-order valence-corrected chi connectivity index (χ4v) is 5.81. The molecule has 3 aromatic rings. The molecule has 0 radical (unpaired) electrons. The van der Waals surface area contributed by atoms with Gasteiger partial charge in [-0.25, -0.2) is 9.78 Å². The molecule has 0 unspecified atom stereocenters. The number of ether oxygens (including phenoxy) is 1. The van der Waals surface area contributed by atoms with Crippen LogP contribution in [0.1, 0.15) is 86.2 Å². The SMILES string of the molecule is Cc1nc(C2CCC(c3nnc4n3-c3ccc(Cl)cc3CN(OC(=O)OC(C)(C)C)C4)CC2)cs1. The van der Waals surface area contributed by atoms with E-state index in [4.69, 9.17) is 26.2 Å². The molecule has 5 rings (SSSR count). The van der Waals surface area contributed by atoms with E-state index in [1.165, 1.54) is 5.69 Å². The van der Waals surface area contributed by atoms with E-state index in [0.717, 1.165) is 53.6 Å². The van der Waals surface area contributed by atoms with E-state index in [1.807, 2.05) is 18.2 Å². The molecule has 186 valence electrons. The molecule has 0 saturated heterocycles. The van der Waals surface area contributed by atoms with Gasteiger partial charge in [0.25, 0.3) is 0 Å². The molecule has 0 amide bonds. The number of carbonyl (C=O) groups excluding carboxylic acids is 1. The summed E-state index contributed by atoms with van der Waals surface area (Å²) in [6, 6.07) is 5.77. The standard InChI is InChI=1S/C25H30ClN5O3S/c1-15-27-20(14-35-15)16-5-7-17(8-6-16)23-29-28-22-13-30(34-24(32)33-25(2,3)4)12-18-11-19(26)9-10-21(18)31(22)23/h9-11,14,16-17H,5-8,12-13H2,1-4H3. The van der Waals surface area contributed by atoms with E-state index in [-0.39, 0.29) is 0 Å². The summed E-state index contributed by atoms with van der Waals surface area (Å²) in [6.07, 6.45) is 3.47. The molecule has 8 nitrogen and oxygen atoms in total. The molecule has 2 aliphatic rings. The van der Waals surface area contributed by atoms with Crippen molar-refractivity contribution in [2.45, 2.75) is 83.9 Å². The topological polar surface area (TPSA) is 82.4 Å². The Hall–Kier alpha value is -2.49. The molecule has 0 atom stereocenters. The molecule has 10 heteroatoms. The zero-order valence-corrected chi connectivity index (χ0v) is 22.0. The first-order valence-electron chi connectivity index (χ1n) is 12.0. The van der Waals surface area contributed by atoms with Crippen molar-refractivity contribution >= 4 is 29.1 Å². The van der Waals surface area contributed by atoms with Crippen molar-refractivity contribution < 1.29 is 14.4 Å². The van der Waals surface area contributed by atoms with Gasteiger partial charge in [-0.3, -0.25) is 4.57 Å². The molecule has 1 fully saturated rings. The molecule has 1 saturated carbocycles. The molecule has 3 heterocycles. The predicted octanol–water partition coefficient (Wildman–Crippen LogP) is 6.31. The number of halogens is 1. The van der Waals surface area contributed by atoms with Gasteiger partial charge in [0.05, 0.1) is 29.5 Å². The van der Waals surface area contributed by atoms with Crippen molar-refractivity contribution in [3.8, 4) is 5.69 Å². The third-order valence-corrected chi connectivity index (χ3v) is 7.47. The smallest absolute Gasteiger partial charge is 0.427 e. The third-order valence-electron chi connectivity index (χ3n) is 6.44. The molecule has 35 heavy (non-hydrogen) atoms. The lowest BCUT2D eigenvalue weighted by atomic mass is 9.80. The quantitative estimate of drug-likeness (QED) is 0.378. The van der Waals surface area contributed by atoms with Crippen LogP contribution in [0.25, 0.3) is 5.69 Å². The highest BCUT2D eigenvalue weighted by Crippen LogP contribution is 2.41. The van der Waals surface area contributed by atoms with Gasteiger partial charge >= 0.3 is 6.16 Å². The summed E-state index contributed by atoms with van der Waals surface area (Å²) >= 11 is 8.06. The molecule has 1 aromatic carbocycles. The summed E-state index contributed by atoms with van der Waals surface area (Å²) in [5.41, 5.74) is 2.48. The van der Waals surface area contributed by atoms with Crippen molar-refractivity contribution in [3.05, 3.63) is 56.5 Å². The van der Waals surface area contributed by atoms with Crippen LogP contribution >= 0.6 is 22.9 Å². The average Bonchev–Trinajstić information content (AvgIpc) is 3.36. The lowest BCUT2D eigenvalue weighted by Gasteiger charge is -2.27. The second-order valence-electron chi connectivity index (χ2n) is 10.3. The van der Waals surface area contributed by atoms with Gasteiger partial charge in [0.15, 0.2) is 5.82 Å². The van der Waals surface area contributed by atoms with Gasteiger partial charge in [-0.05, 0) is 77.1 Å². The number of hydroxylamine groups is 2. The summed E-state index contributed by atoms with van der Waals surface area (Å²) < 4.78 is 7.48. The van der Waals surface area contributed by atoms with Crippen LogP contribution in [-0.4, -0.2) is 36.6 Å². The number of nitrogens with zero attached hydrogens (tertiary/aromatic N) is 5. The number of aryl methyl sites for hydroxylation is 1. The molecule has 0 bridgehead atoms. The fourth-order valence-electron chi connectivity index (χ4n) is 4.92. The van der Waals surface area contributed by atoms with Crippen LogP contribution in [0.3, 0.4) is 0 Å². The third kappa shape index (κ3) is 5.37. The zero-order valence-electron chi connectivity index (χ0n) is 20.5. The normalized spacial score (nSPS) is 20.6. The van der Waals surface area contributed by atoms with Gasteiger partial charge in [0.2, 0.25) is 0 Å². The van der Waals surface area contributed by atoms with Crippen molar-refractivity contribution in [2.75, 3.05) is 0 Å². The van der Waals surface area contributed by atoms with Gasteiger partial charge in [-0.15, -0.1) is 26.6 Å². The van der Waals surface area contributed by atoms with E-state index in [0.29, 0.717) is 29.9 Å². The van der Waals surface area contributed by atoms with Gasteiger partial charge in [0.1, 0.15) is 11.4 Å². The zero-order chi connectivity index (χ0) is 24.7. The Morgan fingerprint density at radius 1 is 1.11 bits per heavy atom. The molecule has 1 aliphatic heterocycles. The van der Waals surface area contributed by atoms with E-state index in [2.05, 4.69) is 27.1 Å². The van der Waals surface area contributed by atoms with Gasteiger partial charge < -0.3 is 9.57 Å². The maximum atomic E-state index is 12.4. The van der Waals surface area contributed by atoms with Crippen LogP contribution < -0.4 is 0 Å². The van der Waals surface area contributed by atoms with Crippen molar-refractivity contribution in [1.29, 1.82) is 0 Å². The number of hydrogen-bond donors (Lipinski definition) is 0. The number of hydrogen-bond acceptors (Lipinski definition) is 8. The second kappa shape index (κ2) is 9.52. The monoisotopic (exact) mass is 515 g/mol. The van der Waals surface area contributed by atoms with Crippen molar-refractivity contribution in [2.24, 2.45) is 0 Å². The first-order chi connectivity index (χ1) is 16.7. The Kier molecular flexibility index (Phi) is 6.59. The highest BCUT2D eigenvalue weighted by atomic mass is 35.5. The lowest BCUT2D eigenvalue weighted by Crippen LogP contribution is -2.31. The Morgan fingerprint density at radius 2 is 1.86 bits per heavy atom. The van der Waals surface area contributed by atoms with Crippen LogP contribution in [0.4, 0.5) is 4.79 Å². The van der Waals surface area contributed by atoms with Gasteiger partial charge in [0, 0.05) is 22.2 Å². The summed E-state index contributed by atoms with van der Waals surface area (Å²) in [7, 11) is 0. The van der Waals surface area contributed by atoms with Crippen LogP contribution in [-0.2, 0) is 22.7 Å². The van der Waals surface area contributed by atoms with Crippen LogP contribution in [0.2, 0.25) is 5.02 Å². The number of rotatable bonds is 3. The Morgan fingerprint density at radius 3 is 2.54 bits per heavy atom. The minimum Gasteiger partial charge on any atom is -0.427 e. The molecule has 1 aliphatic carbocycles. The highest BCUT2D eigenvalue weighted by Gasteiger charge is 2.33. The maximum Gasteiger partial charge on any atom is 0.528 e. The minimum absolute atomic E-state index is 0.298. The van der Waals surface area contributed by atoms with E-state index in [9.17, 15) is 4.79 Å². The number of fused-ring (bicyclic) bond motifs is 3. The number of aromatic nitrogens is 4. The van der Waals surface area contributed by atoms with E-state index < -0.39 is 11.8 Å². The van der Waals surface area contributed by atoms with Gasteiger partial charge in [-0.2, -0.15) is 0 Å². The molecular formula is C25H30ClN5O3S. The number of benzene rings is 1. The molecule has 0 N–H and O–H groups in total. The van der Waals surface area contributed by atoms with E-state index in [1.54, 1.807) is 37.2 Å². The Balaban J connectivity index is 1.40. The Labute approximate surface area is 214 Å². The average molecular weight is 516 g/mol. The second-order valence-corrected chi connectivity index (χ2v) is 11.8. The molecule has 0 spiro atoms. The number of carbonyl (C=O) groups is 1. The lowest BCUT2D eigenvalue weighted by molar-refractivity contribution is -0.155. The summed E-state index contributed by atoms with van der Waals surface area (Å²) in [6.45, 7) is 8.14. The Bertz CT molecular complexity index is 1230. The van der Waals surface area contributed by atoms with Crippen LogP contribution in [0.15, 0.2) is 23.6 Å². The van der Waals surface area contributed by atoms with Crippen molar-refractivity contribution in [3.63, 3.8) is 0 Å². The van der Waals surface area contributed by atoms with Gasteiger partial charge in [-0.1, -0.05) is 11.6 Å². The molecule has 2 aromatic heterocycles. The molecular weight excluding hydrogens is 486 g/mol. The highest BCUT2D eigenvalue weighted by molar-refractivity contribution is 7.09. The summed E-state index contributed by atoms with van der Waals surface area (Å²) in [4.78, 5) is 22.6. The van der Waals surface area contributed by atoms with E-state index >= 15 is 0 Å². The predicted molar refractivity (Wildman–Crippen MR) is 134 cm³/mol. The largest absolute Gasteiger partial charge is 0.528 e. The summed E-state index contributed by atoms with van der Waals surface area (Å²) in [5.74, 6) is 2.48.